The Kier molecular flexibility index (Phi) is 4.91. The minimum Gasteiger partial charge on any atom is -0.322 e. The summed E-state index contributed by atoms with van der Waals surface area (Å²) in [6.45, 7) is 4.67. The minimum atomic E-state index is -0.514. The highest BCUT2D eigenvalue weighted by molar-refractivity contribution is 6.40. The number of hydrogen-bond donors (Lipinski definition) is 1. The monoisotopic (exact) mass is 356 g/mol. The lowest BCUT2D eigenvalue weighted by Gasteiger charge is -2.11. The molecule has 0 bridgehead atoms. The molecule has 9 heteroatoms. The van der Waals surface area contributed by atoms with E-state index in [-0.39, 0.29) is 17.9 Å². The number of nitro groups is 1. The molecule has 0 spiro atoms. The van der Waals surface area contributed by atoms with Crippen molar-refractivity contribution >= 4 is 40.5 Å². The lowest BCUT2D eigenvalue weighted by molar-refractivity contribution is -0.386. The van der Waals surface area contributed by atoms with Crippen LogP contribution in [0.3, 0.4) is 0 Å². The van der Waals surface area contributed by atoms with Crippen LogP contribution in [0.1, 0.15) is 17.0 Å². The molecule has 0 aliphatic heterocycles. The van der Waals surface area contributed by atoms with Crippen LogP contribution in [-0.2, 0) is 11.3 Å². The number of carbonyl (C=O) groups is 1. The van der Waals surface area contributed by atoms with Crippen molar-refractivity contribution in [3.8, 4) is 0 Å². The van der Waals surface area contributed by atoms with Gasteiger partial charge in [0.1, 0.15) is 17.9 Å². The van der Waals surface area contributed by atoms with E-state index in [0.717, 1.165) is 5.56 Å². The van der Waals surface area contributed by atoms with E-state index in [1.54, 1.807) is 19.1 Å². The van der Waals surface area contributed by atoms with Gasteiger partial charge in [-0.3, -0.25) is 19.6 Å². The smallest absolute Gasteiger partial charge is 0.312 e. The standard InChI is InChI=1S/C14H14Cl2N4O3/c1-7-4-5-10(15)13(12(7)16)17-11(21)6-19-9(3)14(20(22)23)8(2)18-19/h4-5H,6H2,1-3H3,(H,17,21). The number of amides is 1. The second-order valence-electron chi connectivity index (χ2n) is 5.04. The molecule has 0 saturated carbocycles. The predicted molar refractivity (Wildman–Crippen MR) is 88.2 cm³/mol. The van der Waals surface area contributed by atoms with E-state index in [1.807, 2.05) is 0 Å². The van der Waals surface area contributed by atoms with E-state index in [0.29, 0.717) is 21.4 Å². The molecule has 1 aromatic heterocycles. The Hall–Kier alpha value is -2.12. The summed E-state index contributed by atoms with van der Waals surface area (Å²) < 4.78 is 1.28. The molecule has 2 aromatic rings. The predicted octanol–water partition coefficient (Wildman–Crippen LogP) is 3.66. The van der Waals surface area contributed by atoms with Crippen LogP contribution in [0.5, 0.6) is 0 Å². The van der Waals surface area contributed by atoms with Crippen LogP contribution >= 0.6 is 23.2 Å². The Morgan fingerprint density at radius 1 is 1.35 bits per heavy atom. The van der Waals surface area contributed by atoms with Crippen molar-refractivity contribution in [2.45, 2.75) is 27.3 Å². The van der Waals surface area contributed by atoms with Crippen molar-refractivity contribution in [1.82, 2.24) is 9.78 Å². The zero-order valence-electron chi connectivity index (χ0n) is 12.7. The summed E-state index contributed by atoms with van der Waals surface area (Å²) in [4.78, 5) is 22.6. The van der Waals surface area contributed by atoms with Gasteiger partial charge in [0.2, 0.25) is 5.91 Å². The summed E-state index contributed by atoms with van der Waals surface area (Å²) in [6, 6.07) is 3.37. The second-order valence-corrected chi connectivity index (χ2v) is 5.82. The van der Waals surface area contributed by atoms with E-state index >= 15 is 0 Å². The number of nitrogens with one attached hydrogen (secondary N) is 1. The van der Waals surface area contributed by atoms with Gasteiger partial charge in [-0.1, -0.05) is 29.3 Å². The topological polar surface area (TPSA) is 90.1 Å². The van der Waals surface area contributed by atoms with Crippen LogP contribution in [-0.4, -0.2) is 20.6 Å². The third-order valence-corrected chi connectivity index (χ3v) is 4.17. The lowest BCUT2D eigenvalue weighted by Crippen LogP contribution is -2.21. The zero-order valence-corrected chi connectivity index (χ0v) is 14.2. The fourth-order valence-electron chi connectivity index (χ4n) is 2.19. The number of benzene rings is 1. The molecule has 122 valence electrons. The summed E-state index contributed by atoms with van der Waals surface area (Å²) in [7, 11) is 0. The van der Waals surface area contributed by atoms with E-state index < -0.39 is 10.8 Å². The average molecular weight is 357 g/mol. The highest BCUT2D eigenvalue weighted by atomic mass is 35.5. The lowest BCUT2D eigenvalue weighted by atomic mass is 10.2. The first-order valence-corrected chi connectivity index (χ1v) is 7.40. The Labute approximate surface area is 142 Å². The summed E-state index contributed by atoms with van der Waals surface area (Å²) in [5, 5.41) is 18.3. The molecule has 7 nitrogen and oxygen atoms in total. The van der Waals surface area contributed by atoms with Gasteiger partial charge in [0, 0.05) is 0 Å². The van der Waals surface area contributed by atoms with Crippen molar-refractivity contribution in [3.63, 3.8) is 0 Å². The Morgan fingerprint density at radius 2 is 2.00 bits per heavy atom. The van der Waals surface area contributed by atoms with Gasteiger partial charge in [-0.15, -0.1) is 0 Å². The highest BCUT2D eigenvalue weighted by Gasteiger charge is 2.23. The maximum absolute atomic E-state index is 12.2. The number of hydrogen-bond acceptors (Lipinski definition) is 4. The number of nitrogens with zero attached hydrogens (tertiary/aromatic N) is 3. The van der Waals surface area contributed by atoms with Crippen LogP contribution in [0.15, 0.2) is 12.1 Å². The minimum absolute atomic E-state index is 0.0931. The Morgan fingerprint density at radius 3 is 2.57 bits per heavy atom. The van der Waals surface area contributed by atoms with Crippen LogP contribution in [0.2, 0.25) is 10.0 Å². The first kappa shape index (κ1) is 17.2. The first-order chi connectivity index (χ1) is 10.7. The first-order valence-electron chi connectivity index (χ1n) is 6.65. The average Bonchev–Trinajstić information content (AvgIpc) is 2.73. The molecule has 1 heterocycles. The molecule has 0 fully saturated rings. The number of aryl methyl sites for hydroxylation is 2. The van der Waals surface area contributed by atoms with Gasteiger partial charge >= 0.3 is 5.69 Å². The maximum atomic E-state index is 12.2. The SMILES string of the molecule is Cc1ccc(Cl)c(NC(=O)Cn2nc(C)c([N+](=O)[O-])c2C)c1Cl. The highest BCUT2D eigenvalue weighted by Crippen LogP contribution is 2.33. The number of halogens is 2. The number of aromatic nitrogens is 2. The molecule has 2 rings (SSSR count). The Balaban J connectivity index is 2.23. The molecule has 0 saturated heterocycles. The molecule has 0 aliphatic rings. The van der Waals surface area contributed by atoms with Crippen molar-refractivity contribution in [3.05, 3.63) is 49.2 Å². The second kappa shape index (κ2) is 6.55. The molecule has 0 radical (unpaired) electrons. The largest absolute Gasteiger partial charge is 0.322 e. The van der Waals surface area contributed by atoms with Crippen LogP contribution in [0, 0.1) is 30.9 Å². The summed E-state index contributed by atoms with van der Waals surface area (Å²) >= 11 is 12.2. The van der Waals surface area contributed by atoms with E-state index in [2.05, 4.69) is 10.4 Å². The number of rotatable bonds is 4. The fraction of sp³-hybridized carbons (Fsp3) is 0.286. The number of carbonyl (C=O) groups excluding carboxylic acids is 1. The number of anilines is 1. The third-order valence-electron chi connectivity index (χ3n) is 3.37. The summed E-state index contributed by atoms with van der Waals surface area (Å²) in [5.41, 5.74) is 1.56. The quantitative estimate of drug-likeness (QED) is 0.668. The zero-order chi connectivity index (χ0) is 17.3. The summed E-state index contributed by atoms with van der Waals surface area (Å²) in [5.74, 6) is -0.431. The maximum Gasteiger partial charge on any atom is 0.312 e. The normalized spacial score (nSPS) is 10.7. The van der Waals surface area contributed by atoms with Gasteiger partial charge in [0.15, 0.2) is 0 Å². The summed E-state index contributed by atoms with van der Waals surface area (Å²) in [6.07, 6.45) is 0. The molecule has 1 N–H and O–H groups in total. The van der Waals surface area contributed by atoms with E-state index in [4.69, 9.17) is 23.2 Å². The molecular weight excluding hydrogens is 343 g/mol. The molecular formula is C14H14Cl2N4O3. The molecule has 1 amide bonds. The van der Waals surface area contributed by atoms with Gasteiger partial charge in [-0.25, -0.2) is 0 Å². The Bertz CT molecular complexity index is 802. The van der Waals surface area contributed by atoms with Crippen molar-refractivity contribution < 1.29 is 9.72 Å². The molecule has 0 atom stereocenters. The van der Waals surface area contributed by atoms with Crippen LogP contribution in [0.25, 0.3) is 0 Å². The third kappa shape index (κ3) is 3.46. The molecule has 0 aliphatic carbocycles. The van der Waals surface area contributed by atoms with Gasteiger partial charge in [0.05, 0.1) is 20.7 Å². The van der Waals surface area contributed by atoms with E-state index in [1.165, 1.54) is 18.5 Å². The van der Waals surface area contributed by atoms with Crippen LogP contribution in [0.4, 0.5) is 11.4 Å². The fourth-order valence-corrected chi connectivity index (χ4v) is 2.66. The van der Waals surface area contributed by atoms with Gasteiger partial charge in [0.25, 0.3) is 0 Å². The van der Waals surface area contributed by atoms with Crippen molar-refractivity contribution in [2.75, 3.05) is 5.32 Å². The molecule has 23 heavy (non-hydrogen) atoms. The van der Waals surface area contributed by atoms with Crippen LogP contribution < -0.4 is 5.32 Å². The molecule has 0 unspecified atom stereocenters. The van der Waals surface area contributed by atoms with Crippen molar-refractivity contribution in [1.29, 1.82) is 0 Å². The van der Waals surface area contributed by atoms with Crippen molar-refractivity contribution in [2.24, 2.45) is 0 Å². The van der Waals surface area contributed by atoms with Gasteiger partial charge < -0.3 is 5.32 Å². The van der Waals surface area contributed by atoms with Gasteiger partial charge in [-0.2, -0.15) is 5.10 Å². The van der Waals surface area contributed by atoms with E-state index in [9.17, 15) is 14.9 Å². The van der Waals surface area contributed by atoms with Gasteiger partial charge in [-0.05, 0) is 32.4 Å². The molecule has 1 aromatic carbocycles.